The van der Waals surface area contributed by atoms with Crippen LogP contribution in [0.1, 0.15) is 32.1 Å². The maximum absolute atomic E-state index is 12.7. The van der Waals surface area contributed by atoms with E-state index in [0.29, 0.717) is 35.4 Å². The van der Waals surface area contributed by atoms with Crippen molar-refractivity contribution in [1.82, 2.24) is 10.1 Å². The number of aromatic nitrogens is 2. The molecule has 1 atom stereocenters. The monoisotopic (exact) mass is 423 g/mol. The molecule has 1 aliphatic rings. The molecule has 1 amide bonds. The Hall–Kier alpha value is -3.55. The molecule has 1 fully saturated rings. The molecular weight excluding hydrogens is 398 g/mol. The summed E-state index contributed by atoms with van der Waals surface area (Å²) in [5.41, 5.74) is 1.51. The van der Waals surface area contributed by atoms with E-state index in [4.69, 9.17) is 18.7 Å². The molecule has 1 aromatic heterocycles. The molecule has 0 radical (unpaired) electrons. The van der Waals surface area contributed by atoms with Gasteiger partial charge in [0.05, 0.1) is 31.9 Å². The normalized spacial score (nSPS) is 16.1. The molecule has 0 bridgehead atoms. The Kier molecular flexibility index (Phi) is 5.79. The summed E-state index contributed by atoms with van der Waals surface area (Å²) < 4.78 is 21.9. The van der Waals surface area contributed by atoms with Crippen LogP contribution in [-0.2, 0) is 4.79 Å². The Balaban J connectivity index is 1.51. The Morgan fingerprint density at radius 2 is 1.81 bits per heavy atom. The van der Waals surface area contributed by atoms with Gasteiger partial charge in [-0.1, -0.05) is 5.16 Å². The minimum Gasteiger partial charge on any atom is -0.497 e. The molecule has 162 valence electrons. The lowest BCUT2D eigenvalue weighted by Gasteiger charge is -2.19. The highest BCUT2D eigenvalue weighted by atomic mass is 16.5. The average molecular weight is 423 g/mol. The molecular formula is C23H25N3O5. The number of ether oxygens (including phenoxy) is 3. The van der Waals surface area contributed by atoms with Crippen molar-refractivity contribution in [3.8, 4) is 28.6 Å². The van der Waals surface area contributed by atoms with Crippen LogP contribution in [-0.4, -0.2) is 42.9 Å². The third-order valence-electron chi connectivity index (χ3n) is 5.08. The first-order valence-corrected chi connectivity index (χ1v) is 10.1. The molecule has 0 spiro atoms. The van der Waals surface area contributed by atoms with Crippen molar-refractivity contribution in [2.75, 3.05) is 25.7 Å². The van der Waals surface area contributed by atoms with Gasteiger partial charge in [0.2, 0.25) is 17.6 Å². The molecule has 31 heavy (non-hydrogen) atoms. The standard InChI is InChI=1S/C23H25N3O5/c1-14(2)30-17-7-5-15(6-8-17)22-24-23(31-25-22)16-11-21(27)26(13-16)19-10-9-18(28-3)12-20(19)29-4/h5-10,12,14,16H,11,13H2,1-4H3. The van der Waals surface area contributed by atoms with Gasteiger partial charge in [0.25, 0.3) is 0 Å². The van der Waals surface area contributed by atoms with Gasteiger partial charge < -0.3 is 23.6 Å². The molecule has 1 aliphatic heterocycles. The Morgan fingerprint density at radius 1 is 1.06 bits per heavy atom. The lowest BCUT2D eigenvalue weighted by Crippen LogP contribution is -2.24. The van der Waals surface area contributed by atoms with E-state index in [0.717, 1.165) is 11.3 Å². The summed E-state index contributed by atoms with van der Waals surface area (Å²) in [6.45, 7) is 4.39. The third-order valence-corrected chi connectivity index (χ3v) is 5.08. The van der Waals surface area contributed by atoms with Crippen molar-refractivity contribution in [3.05, 3.63) is 48.4 Å². The molecule has 3 aromatic rings. The van der Waals surface area contributed by atoms with E-state index >= 15 is 0 Å². The second kappa shape index (κ2) is 8.67. The van der Waals surface area contributed by atoms with Crippen LogP contribution >= 0.6 is 0 Å². The largest absolute Gasteiger partial charge is 0.497 e. The second-order valence-corrected chi connectivity index (χ2v) is 7.59. The van der Waals surface area contributed by atoms with Gasteiger partial charge in [-0.3, -0.25) is 4.79 Å². The third kappa shape index (κ3) is 4.33. The molecule has 2 heterocycles. The summed E-state index contributed by atoms with van der Waals surface area (Å²) >= 11 is 0. The van der Waals surface area contributed by atoms with Gasteiger partial charge in [-0.2, -0.15) is 4.98 Å². The molecule has 1 saturated heterocycles. The van der Waals surface area contributed by atoms with Crippen LogP contribution in [0.2, 0.25) is 0 Å². The first kappa shape index (κ1) is 20.7. The van der Waals surface area contributed by atoms with Gasteiger partial charge in [-0.15, -0.1) is 0 Å². The fraction of sp³-hybridized carbons (Fsp3) is 0.348. The summed E-state index contributed by atoms with van der Waals surface area (Å²) in [6, 6.07) is 12.9. The maximum Gasteiger partial charge on any atom is 0.232 e. The highest BCUT2D eigenvalue weighted by Crippen LogP contribution is 2.38. The topological polar surface area (TPSA) is 86.9 Å². The van der Waals surface area contributed by atoms with Crippen molar-refractivity contribution < 1.29 is 23.5 Å². The number of methoxy groups -OCH3 is 2. The van der Waals surface area contributed by atoms with E-state index in [1.54, 1.807) is 31.3 Å². The van der Waals surface area contributed by atoms with Crippen LogP contribution in [0.3, 0.4) is 0 Å². The molecule has 0 aliphatic carbocycles. The van der Waals surface area contributed by atoms with Gasteiger partial charge in [0, 0.05) is 24.6 Å². The zero-order valence-corrected chi connectivity index (χ0v) is 18.0. The summed E-state index contributed by atoms with van der Waals surface area (Å²) in [5, 5.41) is 4.10. The second-order valence-electron chi connectivity index (χ2n) is 7.59. The predicted octanol–water partition coefficient (Wildman–Crippen LogP) is 4.06. The van der Waals surface area contributed by atoms with Crippen molar-refractivity contribution in [2.24, 2.45) is 0 Å². The molecule has 1 unspecified atom stereocenters. The lowest BCUT2D eigenvalue weighted by molar-refractivity contribution is -0.117. The van der Waals surface area contributed by atoms with Crippen molar-refractivity contribution in [2.45, 2.75) is 32.3 Å². The summed E-state index contributed by atoms with van der Waals surface area (Å²) in [7, 11) is 3.15. The minimum atomic E-state index is -0.191. The van der Waals surface area contributed by atoms with Gasteiger partial charge in [0.1, 0.15) is 17.2 Å². The first-order valence-electron chi connectivity index (χ1n) is 10.1. The molecule has 0 saturated carbocycles. The van der Waals surface area contributed by atoms with Crippen LogP contribution in [0.5, 0.6) is 17.2 Å². The fourth-order valence-corrected chi connectivity index (χ4v) is 3.59. The molecule has 8 nitrogen and oxygen atoms in total. The van der Waals surface area contributed by atoms with Gasteiger partial charge in [-0.05, 0) is 50.2 Å². The van der Waals surface area contributed by atoms with Crippen LogP contribution in [0.25, 0.3) is 11.4 Å². The van der Waals surface area contributed by atoms with Gasteiger partial charge in [0.15, 0.2) is 0 Å². The average Bonchev–Trinajstić information content (AvgIpc) is 3.40. The zero-order chi connectivity index (χ0) is 22.0. The van der Waals surface area contributed by atoms with E-state index in [9.17, 15) is 4.79 Å². The van der Waals surface area contributed by atoms with Crippen LogP contribution < -0.4 is 19.1 Å². The number of carbonyl (C=O) groups excluding carboxylic acids is 1. The van der Waals surface area contributed by atoms with Crippen molar-refractivity contribution in [1.29, 1.82) is 0 Å². The van der Waals surface area contributed by atoms with E-state index in [-0.39, 0.29) is 24.3 Å². The number of carbonyl (C=O) groups is 1. The first-order chi connectivity index (χ1) is 15.0. The number of amides is 1. The van der Waals surface area contributed by atoms with Crippen molar-refractivity contribution in [3.63, 3.8) is 0 Å². The fourth-order valence-electron chi connectivity index (χ4n) is 3.59. The number of hydrogen-bond donors (Lipinski definition) is 0. The molecule has 4 rings (SSSR count). The van der Waals surface area contributed by atoms with Crippen molar-refractivity contribution >= 4 is 11.6 Å². The van der Waals surface area contributed by atoms with E-state index in [2.05, 4.69) is 10.1 Å². The zero-order valence-electron chi connectivity index (χ0n) is 18.0. The number of hydrogen-bond acceptors (Lipinski definition) is 7. The SMILES string of the molecule is COc1ccc(N2CC(c3nc(-c4ccc(OC(C)C)cc4)no3)CC2=O)c(OC)c1. The maximum atomic E-state index is 12.7. The smallest absolute Gasteiger partial charge is 0.232 e. The molecule has 0 N–H and O–H groups in total. The minimum absolute atomic E-state index is 0.0246. The Labute approximate surface area is 180 Å². The quantitative estimate of drug-likeness (QED) is 0.566. The highest BCUT2D eigenvalue weighted by molar-refractivity contribution is 5.97. The summed E-state index contributed by atoms with van der Waals surface area (Å²) in [5.74, 6) is 2.73. The van der Waals surface area contributed by atoms with E-state index in [1.807, 2.05) is 44.2 Å². The molecule has 2 aromatic carbocycles. The van der Waals surface area contributed by atoms with E-state index < -0.39 is 0 Å². The van der Waals surface area contributed by atoms with Gasteiger partial charge >= 0.3 is 0 Å². The van der Waals surface area contributed by atoms with Gasteiger partial charge in [-0.25, -0.2) is 0 Å². The predicted molar refractivity (Wildman–Crippen MR) is 115 cm³/mol. The number of rotatable bonds is 7. The van der Waals surface area contributed by atoms with Crippen LogP contribution in [0, 0.1) is 0 Å². The summed E-state index contributed by atoms with van der Waals surface area (Å²) in [6.07, 6.45) is 0.396. The number of nitrogens with zero attached hydrogens (tertiary/aromatic N) is 3. The number of benzene rings is 2. The summed E-state index contributed by atoms with van der Waals surface area (Å²) in [4.78, 5) is 18.9. The lowest BCUT2D eigenvalue weighted by atomic mass is 10.1. The number of anilines is 1. The molecule has 8 heteroatoms. The highest BCUT2D eigenvalue weighted by Gasteiger charge is 2.36. The Morgan fingerprint density at radius 3 is 2.48 bits per heavy atom. The van der Waals surface area contributed by atoms with E-state index in [1.165, 1.54) is 0 Å². The van der Waals surface area contributed by atoms with Crippen LogP contribution in [0.4, 0.5) is 5.69 Å². The Bertz CT molecular complexity index is 1060. The van der Waals surface area contributed by atoms with Crippen LogP contribution in [0.15, 0.2) is 47.0 Å².